The number of ether oxygens (including phenoxy) is 1. The van der Waals surface area contributed by atoms with E-state index in [1.807, 2.05) is 6.07 Å². The van der Waals surface area contributed by atoms with Gasteiger partial charge in [-0.1, -0.05) is 12.1 Å². The molecule has 0 aliphatic rings. The van der Waals surface area contributed by atoms with Gasteiger partial charge in [0, 0.05) is 17.4 Å². The number of methoxy groups -OCH3 is 1. The zero-order chi connectivity index (χ0) is 20.9. The molecular weight excluding hydrogens is 390 g/mol. The van der Waals surface area contributed by atoms with E-state index in [1.54, 1.807) is 55.6 Å². The lowest BCUT2D eigenvalue weighted by Gasteiger charge is -2.12. The summed E-state index contributed by atoms with van der Waals surface area (Å²) in [6.07, 6.45) is 1.64. The maximum Gasteiger partial charge on any atom is 0.261 e. The SMILES string of the molecule is COc1ccc(NS(=O)(=O)c2ccc(C)c(C(=O)NCc3ccccn3)c2)cc1. The molecule has 8 heteroatoms. The summed E-state index contributed by atoms with van der Waals surface area (Å²) >= 11 is 0. The molecule has 0 saturated carbocycles. The van der Waals surface area contributed by atoms with Gasteiger partial charge in [-0.25, -0.2) is 8.42 Å². The molecule has 0 fully saturated rings. The van der Waals surface area contributed by atoms with Crippen molar-refractivity contribution in [3.8, 4) is 5.75 Å². The molecule has 0 saturated heterocycles. The van der Waals surface area contributed by atoms with E-state index in [0.717, 1.165) is 0 Å². The van der Waals surface area contributed by atoms with Crippen LogP contribution in [0, 0.1) is 6.92 Å². The minimum absolute atomic E-state index is 0.00176. The van der Waals surface area contributed by atoms with Crippen LogP contribution >= 0.6 is 0 Å². The second kappa shape index (κ2) is 8.74. The summed E-state index contributed by atoms with van der Waals surface area (Å²) in [7, 11) is -2.32. The van der Waals surface area contributed by atoms with Crippen molar-refractivity contribution in [1.82, 2.24) is 10.3 Å². The van der Waals surface area contributed by atoms with E-state index in [1.165, 1.54) is 19.2 Å². The Morgan fingerprint density at radius 3 is 2.48 bits per heavy atom. The first-order chi connectivity index (χ1) is 13.9. The molecular formula is C21H21N3O4S. The van der Waals surface area contributed by atoms with Crippen LogP contribution in [-0.4, -0.2) is 26.4 Å². The van der Waals surface area contributed by atoms with Crippen molar-refractivity contribution >= 4 is 21.6 Å². The van der Waals surface area contributed by atoms with E-state index in [9.17, 15) is 13.2 Å². The molecule has 3 rings (SSSR count). The van der Waals surface area contributed by atoms with Crippen LogP contribution in [-0.2, 0) is 16.6 Å². The number of rotatable bonds is 7. The summed E-state index contributed by atoms with van der Waals surface area (Å²) in [6.45, 7) is 2.00. The van der Waals surface area contributed by atoms with Crippen LogP contribution in [0.25, 0.3) is 0 Å². The highest BCUT2D eigenvalue weighted by Crippen LogP contribution is 2.21. The minimum atomic E-state index is -3.86. The van der Waals surface area contributed by atoms with Crippen LogP contribution in [0.2, 0.25) is 0 Å². The van der Waals surface area contributed by atoms with Crippen LogP contribution in [0.5, 0.6) is 5.75 Å². The van der Waals surface area contributed by atoms with E-state index >= 15 is 0 Å². The molecule has 2 aromatic carbocycles. The number of hydrogen-bond acceptors (Lipinski definition) is 5. The lowest BCUT2D eigenvalue weighted by molar-refractivity contribution is 0.0949. The maximum atomic E-state index is 12.7. The van der Waals surface area contributed by atoms with Gasteiger partial charge < -0.3 is 10.1 Å². The monoisotopic (exact) mass is 411 g/mol. The molecule has 0 spiro atoms. The topological polar surface area (TPSA) is 97.4 Å². The van der Waals surface area contributed by atoms with Crippen LogP contribution in [0.1, 0.15) is 21.6 Å². The van der Waals surface area contributed by atoms with E-state index < -0.39 is 10.0 Å². The highest BCUT2D eigenvalue weighted by atomic mass is 32.2. The predicted octanol–water partition coefficient (Wildman–Crippen LogP) is 3.13. The molecule has 2 N–H and O–H groups in total. The Hall–Kier alpha value is -3.39. The molecule has 0 unspecified atom stereocenters. The zero-order valence-electron chi connectivity index (χ0n) is 16.0. The van der Waals surface area contributed by atoms with Gasteiger partial charge in [0.15, 0.2) is 0 Å². The summed E-state index contributed by atoms with van der Waals surface area (Å²) in [5, 5.41) is 2.77. The lowest BCUT2D eigenvalue weighted by atomic mass is 10.1. The second-order valence-electron chi connectivity index (χ2n) is 6.31. The quantitative estimate of drug-likeness (QED) is 0.623. The van der Waals surface area contributed by atoms with Gasteiger partial charge in [0.25, 0.3) is 15.9 Å². The van der Waals surface area contributed by atoms with Gasteiger partial charge in [-0.05, 0) is 61.0 Å². The number of nitrogens with zero attached hydrogens (tertiary/aromatic N) is 1. The van der Waals surface area contributed by atoms with Gasteiger partial charge in [0.05, 0.1) is 24.2 Å². The van der Waals surface area contributed by atoms with E-state index in [-0.39, 0.29) is 17.3 Å². The maximum absolute atomic E-state index is 12.7. The Kier molecular flexibility index (Phi) is 6.13. The normalized spacial score (nSPS) is 11.0. The first kappa shape index (κ1) is 20.3. The number of carbonyl (C=O) groups excluding carboxylic acids is 1. The number of aryl methyl sites for hydroxylation is 1. The third kappa shape index (κ3) is 5.11. The summed E-state index contributed by atoms with van der Waals surface area (Å²) in [5.74, 6) is 0.254. The van der Waals surface area contributed by atoms with Gasteiger partial charge in [-0.15, -0.1) is 0 Å². The second-order valence-corrected chi connectivity index (χ2v) is 8.00. The average Bonchev–Trinajstić information content (AvgIpc) is 2.73. The molecule has 3 aromatic rings. The number of sulfonamides is 1. The van der Waals surface area contributed by atoms with Gasteiger partial charge in [-0.2, -0.15) is 0 Å². The fourth-order valence-corrected chi connectivity index (χ4v) is 3.74. The van der Waals surface area contributed by atoms with Crippen molar-refractivity contribution in [1.29, 1.82) is 0 Å². The molecule has 0 radical (unpaired) electrons. The Balaban J connectivity index is 1.78. The molecule has 1 heterocycles. The summed E-state index contributed by atoms with van der Waals surface area (Å²) < 4.78 is 33.0. The first-order valence-corrected chi connectivity index (χ1v) is 10.3. The van der Waals surface area contributed by atoms with Crippen LogP contribution in [0.3, 0.4) is 0 Å². The molecule has 0 aliphatic heterocycles. The van der Waals surface area contributed by atoms with Crippen molar-refractivity contribution in [2.75, 3.05) is 11.8 Å². The molecule has 29 heavy (non-hydrogen) atoms. The Morgan fingerprint density at radius 1 is 1.07 bits per heavy atom. The van der Waals surface area contributed by atoms with Crippen molar-refractivity contribution in [3.05, 3.63) is 83.7 Å². The number of benzene rings is 2. The predicted molar refractivity (Wildman–Crippen MR) is 110 cm³/mol. The number of nitrogens with one attached hydrogen (secondary N) is 2. The van der Waals surface area contributed by atoms with E-state index in [2.05, 4.69) is 15.0 Å². The number of pyridine rings is 1. The van der Waals surface area contributed by atoms with Crippen LogP contribution in [0.4, 0.5) is 5.69 Å². The van der Waals surface area contributed by atoms with Crippen LogP contribution in [0.15, 0.2) is 71.8 Å². The zero-order valence-corrected chi connectivity index (χ0v) is 16.9. The third-order valence-electron chi connectivity index (χ3n) is 4.26. The number of anilines is 1. The van der Waals surface area contributed by atoms with Crippen molar-refractivity contribution in [2.45, 2.75) is 18.4 Å². The first-order valence-electron chi connectivity index (χ1n) is 8.85. The smallest absolute Gasteiger partial charge is 0.261 e. The molecule has 0 bridgehead atoms. The van der Waals surface area contributed by atoms with Crippen molar-refractivity contribution < 1.29 is 17.9 Å². The van der Waals surface area contributed by atoms with Crippen molar-refractivity contribution in [2.24, 2.45) is 0 Å². The van der Waals surface area contributed by atoms with Gasteiger partial charge in [0.1, 0.15) is 5.75 Å². The summed E-state index contributed by atoms with van der Waals surface area (Å²) in [6, 6.07) is 16.4. The number of aromatic nitrogens is 1. The molecule has 0 atom stereocenters. The minimum Gasteiger partial charge on any atom is -0.497 e. The highest BCUT2D eigenvalue weighted by Gasteiger charge is 2.18. The van der Waals surface area contributed by atoms with Gasteiger partial charge >= 0.3 is 0 Å². The molecule has 7 nitrogen and oxygen atoms in total. The Morgan fingerprint density at radius 2 is 1.83 bits per heavy atom. The molecule has 1 aromatic heterocycles. The third-order valence-corrected chi connectivity index (χ3v) is 5.64. The van der Waals surface area contributed by atoms with Crippen LogP contribution < -0.4 is 14.8 Å². The Bertz CT molecular complexity index is 1100. The van der Waals surface area contributed by atoms with Crippen molar-refractivity contribution in [3.63, 3.8) is 0 Å². The number of amides is 1. The summed E-state index contributed by atoms with van der Waals surface area (Å²) in [5.41, 5.74) is 2.07. The van der Waals surface area contributed by atoms with Gasteiger partial charge in [0.2, 0.25) is 0 Å². The highest BCUT2D eigenvalue weighted by molar-refractivity contribution is 7.92. The molecule has 150 valence electrons. The summed E-state index contributed by atoms with van der Waals surface area (Å²) in [4.78, 5) is 16.7. The Labute approximate surface area is 169 Å². The lowest BCUT2D eigenvalue weighted by Crippen LogP contribution is -2.24. The standard InChI is InChI=1S/C21H21N3O4S/c1-15-6-11-19(29(26,27)24-16-7-9-18(28-2)10-8-16)13-20(15)21(25)23-14-17-5-3-4-12-22-17/h3-13,24H,14H2,1-2H3,(H,23,25). The van der Waals surface area contributed by atoms with E-state index in [4.69, 9.17) is 4.74 Å². The molecule has 1 amide bonds. The largest absolute Gasteiger partial charge is 0.497 e. The fraction of sp³-hybridized carbons (Fsp3) is 0.143. The molecule has 0 aliphatic carbocycles. The van der Waals surface area contributed by atoms with E-state index in [0.29, 0.717) is 28.3 Å². The average molecular weight is 411 g/mol. The number of carbonyl (C=O) groups is 1. The fourth-order valence-electron chi connectivity index (χ4n) is 2.65. The number of hydrogen-bond donors (Lipinski definition) is 2. The van der Waals surface area contributed by atoms with Gasteiger partial charge in [-0.3, -0.25) is 14.5 Å².